The molecule has 6 nitrogen and oxygen atoms in total. The first kappa shape index (κ1) is 17.5. The third-order valence-electron chi connectivity index (χ3n) is 4.71. The molecule has 0 radical (unpaired) electrons. The highest BCUT2D eigenvalue weighted by Crippen LogP contribution is 2.26. The Bertz CT molecular complexity index is 796. The average Bonchev–Trinajstić information content (AvgIpc) is 3.11. The minimum Gasteiger partial charge on any atom is -0.451 e. The van der Waals surface area contributed by atoms with E-state index >= 15 is 0 Å². The molecule has 25 heavy (non-hydrogen) atoms. The van der Waals surface area contributed by atoms with Gasteiger partial charge in [0.05, 0.1) is 6.61 Å². The van der Waals surface area contributed by atoms with Crippen molar-refractivity contribution in [2.24, 2.45) is 5.92 Å². The Labute approximate surface area is 147 Å². The van der Waals surface area contributed by atoms with Crippen LogP contribution in [0.4, 0.5) is 0 Å². The number of carbonyl (C=O) groups excluding carboxylic acids is 2. The number of aryl methyl sites for hydroxylation is 2. The van der Waals surface area contributed by atoms with Crippen molar-refractivity contribution < 1.29 is 18.7 Å². The van der Waals surface area contributed by atoms with Gasteiger partial charge in [-0.25, -0.2) is 0 Å². The lowest BCUT2D eigenvalue weighted by atomic mass is 10.1. The molecule has 1 fully saturated rings. The van der Waals surface area contributed by atoms with Crippen molar-refractivity contribution in [3.05, 3.63) is 35.1 Å². The molecule has 1 aliphatic heterocycles. The molecular formula is C19H24N2O4. The van der Waals surface area contributed by atoms with Gasteiger partial charge >= 0.3 is 0 Å². The summed E-state index contributed by atoms with van der Waals surface area (Å²) in [6.07, 6.45) is 0.461. The van der Waals surface area contributed by atoms with Crippen LogP contribution in [0.5, 0.6) is 0 Å². The average molecular weight is 344 g/mol. The number of amides is 2. The molecule has 0 spiro atoms. The lowest BCUT2D eigenvalue weighted by Gasteiger charge is -2.16. The van der Waals surface area contributed by atoms with Gasteiger partial charge < -0.3 is 19.4 Å². The zero-order valence-electron chi connectivity index (χ0n) is 14.9. The van der Waals surface area contributed by atoms with Crippen molar-refractivity contribution in [1.82, 2.24) is 10.2 Å². The molecule has 134 valence electrons. The molecule has 0 saturated carbocycles. The number of nitrogens with zero attached hydrogens (tertiary/aromatic N) is 1. The quantitative estimate of drug-likeness (QED) is 0.873. The first-order valence-corrected chi connectivity index (χ1v) is 8.54. The summed E-state index contributed by atoms with van der Waals surface area (Å²) in [6, 6.07) is 5.87. The van der Waals surface area contributed by atoms with E-state index in [0.29, 0.717) is 38.4 Å². The van der Waals surface area contributed by atoms with Gasteiger partial charge in [-0.15, -0.1) is 0 Å². The summed E-state index contributed by atoms with van der Waals surface area (Å²) in [5, 5.41) is 3.88. The maximum atomic E-state index is 12.5. The summed E-state index contributed by atoms with van der Waals surface area (Å²) in [5.41, 5.74) is 2.69. The number of nitrogens with one attached hydrogen (secondary N) is 1. The topological polar surface area (TPSA) is 71.8 Å². The molecule has 0 bridgehead atoms. The standard InChI is InChI=1S/C19H24N2O4/c1-12-4-5-16-15(8-12)13(2)18(25-16)19(23)20-10-14-9-17(22)21(11-14)6-7-24-3/h4-5,8,14H,6-7,9-11H2,1-3H3,(H,20,23). The van der Waals surface area contributed by atoms with E-state index in [-0.39, 0.29) is 17.7 Å². The van der Waals surface area contributed by atoms with Gasteiger partial charge in [-0.05, 0) is 26.0 Å². The van der Waals surface area contributed by atoms with Crippen LogP contribution in [0.2, 0.25) is 0 Å². The lowest BCUT2D eigenvalue weighted by Crippen LogP contribution is -2.32. The SMILES string of the molecule is COCCN1CC(CNC(=O)c2oc3ccc(C)cc3c2C)CC1=O. The molecule has 2 aromatic rings. The van der Waals surface area contributed by atoms with Crippen molar-refractivity contribution in [2.75, 3.05) is 33.4 Å². The van der Waals surface area contributed by atoms with E-state index in [9.17, 15) is 9.59 Å². The Kier molecular flexibility index (Phi) is 5.08. The molecule has 2 amide bonds. The Balaban J connectivity index is 1.62. The molecule has 6 heteroatoms. The second kappa shape index (κ2) is 7.27. The molecule has 1 aliphatic rings. The number of methoxy groups -OCH3 is 1. The van der Waals surface area contributed by atoms with Gasteiger partial charge in [0.25, 0.3) is 5.91 Å². The zero-order chi connectivity index (χ0) is 18.0. The van der Waals surface area contributed by atoms with E-state index in [1.807, 2.05) is 32.0 Å². The highest BCUT2D eigenvalue weighted by molar-refractivity contribution is 5.99. The van der Waals surface area contributed by atoms with Gasteiger partial charge in [0.15, 0.2) is 5.76 Å². The number of hydrogen-bond donors (Lipinski definition) is 1. The fourth-order valence-corrected chi connectivity index (χ4v) is 3.28. The lowest BCUT2D eigenvalue weighted by molar-refractivity contribution is -0.128. The number of hydrogen-bond acceptors (Lipinski definition) is 4. The van der Waals surface area contributed by atoms with Gasteiger partial charge in [0.1, 0.15) is 5.58 Å². The van der Waals surface area contributed by atoms with Crippen LogP contribution >= 0.6 is 0 Å². The van der Waals surface area contributed by atoms with Crippen LogP contribution in [0.25, 0.3) is 11.0 Å². The number of fused-ring (bicyclic) bond motifs is 1. The summed E-state index contributed by atoms with van der Waals surface area (Å²) >= 11 is 0. The minimum absolute atomic E-state index is 0.117. The molecule has 1 aromatic carbocycles. The Morgan fingerprint density at radius 1 is 1.40 bits per heavy atom. The van der Waals surface area contributed by atoms with Gasteiger partial charge in [0, 0.05) is 50.0 Å². The number of likely N-dealkylation sites (tertiary alicyclic amines) is 1. The monoisotopic (exact) mass is 344 g/mol. The molecule has 1 N–H and O–H groups in total. The van der Waals surface area contributed by atoms with Crippen LogP contribution in [-0.4, -0.2) is 50.1 Å². The van der Waals surface area contributed by atoms with E-state index < -0.39 is 0 Å². The smallest absolute Gasteiger partial charge is 0.287 e. The normalized spacial score (nSPS) is 17.5. The van der Waals surface area contributed by atoms with Crippen molar-refractivity contribution in [3.8, 4) is 0 Å². The molecule has 1 atom stereocenters. The van der Waals surface area contributed by atoms with Crippen molar-refractivity contribution in [3.63, 3.8) is 0 Å². The summed E-state index contributed by atoms with van der Waals surface area (Å²) in [4.78, 5) is 26.2. The molecule has 2 heterocycles. The van der Waals surface area contributed by atoms with Crippen LogP contribution < -0.4 is 5.32 Å². The summed E-state index contributed by atoms with van der Waals surface area (Å²) in [6.45, 7) is 6.15. The predicted octanol–water partition coefficient (Wildman–Crippen LogP) is 2.27. The largest absolute Gasteiger partial charge is 0.451 e. The van der Waals surface area contributed by atoms with Gasteiger partial charge in [-0.3, -0.25) is 9.59 Å². The first-order chi connectivity index (χ1) is 12.0. The zero-order valence-corrected chi connectivity index (χ0v) is 14.9. The third kappa shape index (κ3) is 3.69. The maximum absolute atomic E-state index is 12.5. The van der Waals surface area contributed by atoms with E-state index in [1.54, 1.807) is 12.0 Å². The van der Waals surface area contributed by atoms with Crippen molar-refractivity contribution in [2.45, 2.75) is 20.3 Å². The fraction of sp³-hybridized carbons (Fsp3) is 0.474. The molecule has 3 rings (SSSR count). The van der Waals surface area contributed by atoms with Crippen LogP contribution in [0.3, 0.4) is 0 Å². The van der Waals surface area contributed by atoms with Crippen LogP contribution in [0.1, 0.15) is 28.1 Å². The number of furan rings is 1. The Morgan fingerprint density at radius 3 is 2.96 bits per heavy atom. The van der Waals surface area contributed by atoms with E-state index in [2.05, 4.69) is 5.32 Å². The molecule has 1 unspecified atom stereocenters. The number of benzene rings is 1. The first-order valence-electron chi connectivity index (χ1n) is 8.54. The van der Waals surface area contributed by atoms with Crippen molar-refractivity contribution in [1.29, 1.82) is 0 Å². The maximum Gasteiger partial charge on any atom is 0.287 e. The van der Waals surface area contributed by atoms with Gasteiger partial charge in [0.2, 0.25) is 5.91 Å². The number of carbonyl (C=O) groups is 2. The van der Waals surface area contributed by atoms with Gasteiger partial charge in [-0.2, -0.15) is 0 Å². The van der Waals surface area contributed by atoms with E-state index in [0.717, 1.165) is 22.1 Å². The second-order valence-corrected chi connectivity index (χ2v) is 6.67. The molecule has 1 saturated heterocycles. The van der Waals surface area contributed by atoms with Crippen LogP contribution in [-0.2, 0) is 9.53 Å². The van der Waals surface area contributed by atoms with E-state index in [1.165, 1.54) is 0 Å². The highest BCUT2D eigenvalue weighted by Gasteiger charge is 2.29. The highest BCUT2D eigenvalue weighted by atomic mass is 16.5. The molecular weight excluding hydrogens is 320 g/mol. The second-order valence-electron chi connectivity index (χ2n) is 6.67. The van der Waals surface area contributed by atoms with Crippen LogP contribution in [0.15, 0.2) is 22.6 Å². The Morgan fingerprint density at radius 2 is 2.20 bits per heavy atom. The summed E-state index contributed by atoms with van der Waals surface area (Å²) < 4.78 is 10.7. The van der Waals surface area contributed by atoms with Gasteiger partial charge in [-0.1, -0.05) is 11.6 Å². The summed E-state index contributed by atoms with van der Waals surface area (Å²) in [5.74, 6) is 0.363. The number of ether oxygens (including phenoxy) is 1. The van der Waals surface area contributed by atoms with Crippen molar-refractivity contribution >= 4 is 22.8 Å². The fourth-order valence-electron chi connectivity index (χ4n) is 3.28. The van der Waals surface area contributed by atoms with Crippen LogP contribution in [0, 0.1) is 19.8 Å². The Hall–Kier alpha value is -2.34. The predicted molar refractivity (Wildman–Crippen MR) is 94.6 cm³/mol. The minimum atomic E-state index is -0.228. The van der Waals surface area contributed by atoms with E-state index in [4.69, 9.17) is 9.15 Å². The third-order valence-corrected chi connectivity index (χ3v) is 4.71. The molecule has 1 aromatic heterocycles. The number of rotatable bonds is 6. The molecule has 0 aliphatic carbocycles. The summed E-state index contributed by atoms with van der Waals surface area (Å²) in [7, 11) is 1.62.